The van der Waals surface area contributed by atoms with Gasteiger partial charge in [0.15, 0.2) is 15.5 Å². The predicted molar refractivity (Wildman–Crippen MR) is 90.9 cm³/mol. The fraction of sp³-hybridized carbons (Fsp3) is 0.412. The maximum absolute atomic E-state index is 13.3. The van der Waals surface area contributed by atoms with Crippen molar-refractivity contribution in [2.75, 3.05) is 16.8 Å². The van der Waals surface area contributed by atoms with Gasteiger partial charge in [0.1, 0.15) is 5.82 Å². The SMILES string of the molecule is O=C(Nc1cccc(F)c1)c1cc(C2CC2)n([C@H]2CCS(=O)(=O)C2)n1. The summed E-state index contributed by atoms with van der Waals surface area (Å²) in [7, 11) is -3.03. The number of hydrogen-bond acceptors (Lipinski definition) is 4. The first kappa shape index (κ1) is 16.3. The van der Waals surface area contributed by atoms with E-state index in [1.165, 1.54) is 18.2 Å². The summed E-state index contributed by atoms with van der Waals surface area (Å²) in [6.45, 7) is 0. The monoisotopic (exact) mass is 363 g/mol. The molecule has 25 heavy (non-hydrogen) atoms. The molecule has 1 aliphatic carbocycles. The second-order valence-corrected chi connectivity index (χ2v) is 8.92. The minimum atomic E-state index is -3.03. The molecule has 1 atom stereocenters. The van der Waals surface area contributed by atoms with E-state index < -0.39 is 21.6 Å². The number of benzene rings is 1. The number of hydrogen-bond donors (Lipinski definition) is 1. The largest absolute Gasteiger partial charge is 0.320 e. The Labute approximate surface area is 145 Å². The van der Waals surface area contributed by atoms with Gasteiger partial charge in [0, 0.05) is 17.3 Å². The molecule has 1 aliphatic heterocycles. The molecule has 1 saturated heterocycles. The Bertz CT molecular complexity index is 934. The van der Waals surface area contributed by atoms with Crippen molar-refractivity contribution in [3.05, 3.63) is 47.5 Å². The summed E-state index contributed by atoms with van der Waals surface area (Å²) in [5, 5.41) is 7.02. The summed E-state index contributed by atoms with van der Waals surface area (Å²) in [5.74, 6) is -0.289. The average Bonchev–Trinajstić information content (AvgIpc) is 3.19. The van der Waals surface area contributed by atoms with Crippen LogP contribution in [0.5, 0.6) is 0 Å². The van der Waals surface area contributed by atoms with Crippen molar-refractivity contribution < 1.29 is 17.6 Å². The van der Waals surface area contributed by atoms with Crippen LogP contribution in [0.25, 0.3) is 0 Å². The lowest BCUT2D eigenvalue weighted by Crippen LogP contribution is -2.17. The molecule has 2 heterocycles. The van der Waals surface area contributed by atoms with Gasteiger partial charge in [-0.2, -0.15) is 5.10 Å². The van der Waals surface area contributed by atoms with Crippen molar-refractivity contribution in [3.8, 4) is 0 Å². The smallest absolute Gasteiger partial charge is 0.276 e. The van der Waals surface area contributed by atoms with Gasteiger partial charge in [-0.3, -0.25) is 9.48 Å². The number of sulfone groups is 1. The van der Waals surface area contributed by atoms with Gasteiger partial charge in [0.2, 0.25) is 0 Å². The number of carbonyl (C=O) groups excluding carboxylic acids is 1. The number of nitrogens with one attached hydrogen (secondary N) is 1. The van der Waals surface area contributed by atoms with Crippen molar-refractivity contribution in [2.24, 2.45) is 0 Å². The molecule has 1 N–H and O–H groups in total. The lowest BCUT2D eigenvalue weighted by atomic mass is 10.2. The normalized spacial score (nSPS) is 22.0. The maximum Gasteiger partial charge on any atom is 0.276 e. The molecule has 4 rings (SSSR count). The molecule has 0 unspecified atom stereocenters. The van der Waals surface area contributed by atoms with Crippen LogP contribution in [0.2, 0.25) is 0 Å². The van der Waals surface area contributed by atoms with Gasteiger partial charge in [-0.25, -0.2) is 12.8 Å². The highest BCUT2D eigenvalue weighted by Crippen LogP contribution is 2.42. The molecular weight excluding hydrogens is 345 g/mol. The number of carbonyl (C=O) groups is 1. The first-order valence-corrected chi connectivity index (χ1v) is 10.1. The highest BCUT2D eigenvalue weighted by Gasteiger charge is 2.36. The van der Waals surface area contributed by atoms with E-state index in [2.05, 4.69) is 10.4 Å². The van der Waals surface area contributed by atoms with Crippen molar-refractivity contribution >= 4 is 21.4 Å². The maximum atomic E-state index is 13.3. The molecule has 2 fully saturated rings. The highest BCUT2D eigenvalue weighted by molar-refractivity contribution is 7.91. The minimum absolute atomic E-state index is 0.0688. The molecule has 2 aromatic rings. The van der Waals surface area contributed by atoms with E-state index in [9.17, 15) is 17.6 Å². The van der Waals surface area contributed by atoms with E-state index in [1.54, 1.807) is 16.8 Å². The Hall–Kier alpha value is -2.22. The Kier molecular flexibility index (Phi) is 3.87. The van der Waals surface area contributed by atoms with Crippen LogP contribution in [0, 0.1) is 5.82 Å². The van der Waals surface area contributed by atoms with E-state index >= 15 is 0 Å². The van der Waals surface area contributed by atoms with Crippen molar-refractivity contribution in [1.29, 1.82) is 0 Å². The van der Waals surface area contributed by atoms with Gasteiger partial charge >= 0.3 is 0 Å². The average molecular weight is 363 g/mol. The summed E-state index contributed by atoms with van der Waals surface area (Å²) < 4.78 is 38.5. The fourth-order valence-electron chi connectivity index (χ4n) is 3.23. The molecule has 0 radical (unpaired) electrons. The zero-order valence-electron chi connectivity index (χ0n) is 13.5. The minimum Gasteiger partial charge on any atom is -0.320 e. The zero-order chi connectivity index (χ0) is 17.6. The Morgan fingerprint density at radius 2 is 2.04 bits per heavy atom. The van der Waals surface area contributed by atoms with Gasteiger partial charge in [0.05, 0.1) is 17.5 Å². The summed E-state index contributed by atoms with van der Waals surface area (Å²) in [6.07, 6.45) is 2.57. The predicted octanol–water partition coefficient (Wildman–Crippen LogP) is 2.51. The number of rotatable bonds is 4. The number of amides is 1. The fourth-order valence-corrected chi connectivity index (χ4v) is 4.92. The molecule has 132 valence electrons. The van der Waals surface area contributed by atoms with E-state index in [0.717, 1.165) is 18.5 Å². The molecule has 6 nitrogen and oxygen atoms in total. The molecule has 1 amide bonds. The number of anilines is 1. The van der Waals surface area contributed by atoms with Gasteiger partial charge < -0.3 is 5.32 Å². The second kappa shape index (κ2) is 5.94. The van der Waals surface area contributed by atoms with Crippen LogP contribution in [0.4, 0.5) is 10.1 Å². The van der Waals surface area contributed by atoms with E-state index in [0.29, 0.717) is 18.0 Å². The molecule has 1 aromatic carbocycles. The lowest BCUT2D eigenvalue weighted by molar-refractivity contribution is 0.102. The quantitative estimate of drug-likeness (QED) is 0.905. The lowest BCUT2D eigenvalue weighted by Gasteiger charge is -2.12. The van der Waals surface area contributed by atoms with Crippen LogP contribution in [0.1, 0.15) is 47.4 Å². The van der Waals surface area contributed by atoms with Crippen molar-refractivity contribution in [3.63, 3.8) is 0 Å². The molecule has 1 saturated carbocycles. The van der Waals surface area contributed by atoms with E-state index in [-0.39, 0.29) is 23.2 Å². The summed E-state index contributed by atoms with van der Waals surface area (Å²) in [6, 6.07) is 7.18. The van der Waals surface area contributed by atoms with E-state index in [4.69, 9.17) is 0 Å². The molecule has 0 spiro atoms. The van der Waals surface area contributed by atoms with Crippen LogP contribution in [0.3, 0.4) is 0 Å². The van der Waals surface area contributed by atoms with Gasteiger partial charge in [0.25, 0.3) is 5.91 Å². The third-order valence-corrected chi connectivity index (χ3v) is 6.38. The third kappa shape index (κ3) is 3.44. The number of nitrogens with zero attached hydrogens (tertiary/aromatic N) is 2. The summed E-state index contributed by atoms with van der Waals surface area (Å²) in [4.78, 5) is 12.4. The molecule has 1 aromatic heterocycles. The van der Waals surface area contributed by atoms with Gasteiger partial charge in [-0.15, -0.1) is 0 Å². The first-order valence-electron chi connectivity index (χ1n) is 8.28. The zero-order valence-corrected chi connectivity index (χ0v) is 14.3. The molecule has 8 heteroatoms. The van der Waals surface area contributed by atoms with Gasteiger partial charge in [-0.05, 0) is 43.5 Å². The first-order chi connectivity index (χ1) is 11.9. The standard InChI is InChI=1S/C17H18FN3O3S/c18-12-2-1-3-13(8-12)19-17(22)15-9-16(11-4-5-11)21(20-15)14-6-7-25(23,24)10-14/h1-3,8-9,11,14H,4-7,10H2,(H,19,22)/t14-/m0/s1. The third-order valence-electron chi connectivity index (χ3n) is 4.63. The summed E-state index contributed by atoms with van der Waals surface area (Å²) in [5.41, 5.74) is 1.51. The Morgan fingerprint density at radius 3 is 2.68 bits per heavy atom. The van der Waals surface area contributed by atoms with Crippen molar-refractivity contribution in [2.45, 2.75) is 31.2 Å². The van der Waals surface area contributed by atoms with Crippen LogP contribution in [-0.4, -0.2) is 35.6 Å². The number of aromatic nitrogens is 2. The second-order valence-electron chi connectivity index (χ2n) is 6.69. The Balaban J connectivity index is 1.60. The number of halogens is 1. The van der Waals surface area contributed by atoms with Crippen molar-refractivity contribution in [1.82, 2.24) is 9.78 Å². The Morgan fingerprint density at radius 1 is 1.24 bits per heavy atom. The molecule has 2 aliphatic rings. The van der Waals surface area contributed by atoms with Crippen LogP contribution >= 0.6 is 0 Å². The van der Waals surface area contributed by atoms with Crippen LogP contribution < -0.4 is 5.32 Å². The summed E-state index contributed by atoms with van der Waals surface area (Å²) >= 11 is 0. The van der Waals surface area contributed by atoms with Crippen LogP contribution in [-0.2, 0) is 9.84 Å². The molecular formula is C17H18FN3O3S. The van der Waals surface area contributed by atoms with Crippen LogP contribution in [0.15, 0.2) is 30.3 Å². The highest BCUT2D eigenvalue weighted by atomic mass is 32.2. The topological polar surface area (TPSA) is 81.1 Å². The van der Waals surface area contributed by atoms with E-state index in [1.807, 2.05) is 0 Å². The molecule has 0 bridgehead atoms. The van der Waals surface area contributed by atoms with Gasteiger partial charge in [-0.1, -0.05) is 6.07 Å².